The van der Waals surface area contributed by atoms with Crippen molar-refractivity contribution in [3.05, 3.63) is 0 Å². The van der Waals surface area contributed by atoms with E-state index in [9.17, 15) is 9.90 Å². The zero-order valence-corrected chi connectivity index (χ0v) is 10.7. The van der Waals surface area contributed by atoms with E-state index in [-0.39, 0.29) is 24.0 Å². The van der Waals surface area contributed by atoms with Crippen molar-refractivity contribution in [1.29, 1.82) is 0 Å². The highest BCUT2D eigenvalue weighted by Gasteiger charge is 2.33. The molecule has 1 aliphatic rings. The summed E-state index contributed by atoms with van der Waals surface area (Å²) in [6.07, 6.45) is 1.02. The molecule has 1 saturated heterocycles. The van der Waals surface area contributed by atoms with Crippen molar-refractivity contribution < 1.29 is 14.6 Å². The average molecular weight is 244 g/mol. The summed E-state index contributed by atoms with van der Waals surface area (Å²) in [5.74, 6) is -0.0783. The molecule has 5 heteroatoms. The van der Waals surface area contributed by atoms with Crippen LogP contribution < -0.4 is 10.6 Å². The van der Waals surface area contributed by atoms with Gasteiger partial charge in [0.05, 0.1) is 25.2 Å². The molecule has 1 fully saturated rings. The third kappa shape index (κ3) is 4.61. The Balaban J connectivity index is 2.26. The first-order valence-corrected chi connectivity index (χ1v) is 6.45. The summed E-state index contributed by atoms with van der Waals surface area (Å²) in [7, 11) is 0. The van der Waals surface area contributed by atoms with Crippen LogP contribution in [-0.2, 0) is 9.53 Å². The number of carbonyl (C=O) groups is 1. The molecular weight excluding hydrogens is 220 g/mol. The summed E-state index contributed by atoms with van der Waals surface area (Å²) in [5, 5.41) is 15.5. The first-order valence-electron chi connectivity index (χ1n) is 6.45. The van der Waals surface area contributed by atoms with Crippen LogP contribution in [0.15, 0.2) is 0 Å². The fourth-order valence-corrected chi connectivity index (χ4v) is 1.97. The summed E-state index contributed by atoms with van der Waals surface area (Å²) in [6.45, 7) is 6.41. The summed E-state index contributed by atoms with van der Waals surface area (Å²) in [6, 6.07) is 0.121. The van der Waals surface area contributed by atoms with Crippen LogP contribution in [0.1, 0.15) is 26.7 Å². The van der Waals surface area contributed by atoms with Gasteiger partial charge in [-0.2, -0.15) is 0 Å². The molecule has 3 atom stereocenters. The third-order valence-corrected chi connectivity index (χ3v) is 3.13. The number of aliphatic hydroxyl groups is 1. The van der Waals surface area contributed by atoms with Crippen molar-refractivity contribution in [2.75, 3.05) is 26.3 Å². The van der Waals surface area contributed by atoms with E-state index in [1.807, 2.05) is 13.8 Å². The molecule has 1 aliphatic heterocycles. The minimum atomic E-state index is -0.320. The smallest absolute Gasteiger partial charge is 0.227 e. The second-order valence-electron chi connectivity index (χ2n) is 4.45. The van der Waals surface area contributed by atoms with Crippen LogP contribution in [0.4, 0.5) is 0 Å². The maximum atomic E-state index is 11.9. The van der Waals surface area contributed by atoms with Crippen molar-refractivity contribution in [1.82, 2.24) is 10.6 Å². The normalized spacial score (nSPS) is 25.8. The predicted octanol–water partition coefficient (Wildman–Crippen LogP) is -0.112. The molecule has 0 aromatic rings. The molecule has 0 radical (unpaired) electrons. The molecule has 0 aliphatic carbocycles. The van der Waals surface area contributed by atoms with E-state index in [2.05, 4.69) is 10.6 Å². The molecule has 17 heavy (non-hydrogen) atoms. The second-order valence-corrected chi connectivity index (χ2v) is 4.45. The van der Waals surface area contributed by atoms with E-state index >= 15 is 0 Å². The van der Waals surface area contributed by atoms with Crippen molar-refractivity contribution in [2.45, 2.75) is 38.8 Å². The van der Waals surface area contributed by atoms with Gasteiger partial charge in [-0.15, -0.1) is 0 Å². The van der Waals surface area contributed by atoms with E-state index in [4.69, 9.17) is 4.74 Å². The van der Waals surface area contributed by atoms with Crippen LogP contribution >= 0.6 is 0 Å². The molecule has 0 aromatic carbocycles. The molecule has 1 heterocycles. The third-order valence-electron chi connectivity index (χ3n) is 3.13. The standard InChI is InChI=1S/C12H24N2O3/c1-3-9(15)5-6-14-12(16)10-7-17-8-11(10)13-4-2/h9-11,13,15H,3-8H2,1-2H3,(H,14,16). The summed E-state index contributed by atoms with van der Waals surface area (Å²) < 4.78 is 5.32. The SMILES string of the molecule is CCNC1COCC1C(=O)NCCC(O)CC. The maximum absolute atomic E-state index is 11.9. The summed E-state index contributed by atoms with van der Waals surface area (Å²) in [4.78, 5) is 11.9. The van der Waals surface area contributed by atoms with Gasteiger partial charge in [0.2, 0.25) is 5.91 Å². The van der Waals surface area contributed by atoms with Gasteiger partial charge < -0.3 is 20.5 Å². The summed E-state index contributed by atoms with van der Waals surface area (Å²) >= 11 is 0. The zero-order chi connectivity index (χ0) is 12.7. The van der Waals surface area contributed by atoms with Crippen LogP contribution in [0.5, 0.6) is 0 Å². The van der Waals surface area contributed by atoms with Crippen molar-refractivity contribution in [3.8, 4) is 0 Å². The van der Waals surface area contributed by atoms with Gasteiger partial charge in [-0.25, -0.2) is 0 Å². The van der Waals surface area contributed by atoms with Gasteiger partial charge in [-0.05, 0) is 19.4 Å². The van der Waals surface area contributed by atoms with Gasteiger partial charge in [-0.1, -0.05) is 13.8 Å². The topological polar surface area (TPSA) is 70.6 Å². The number of hydrogen-bond acceptors (Lipinski definition) is 4. The van der Waals surface area contributed by atoms with Crippen LogP contribution in [0.2, 0.25) is 0 Å². The highest BCUT2D eigenvalue weighted by molar-refractivity contribution is 5.79. The first kappa shape index (κ1) is 14.4. The Morgan fingerprint density at radius 3 is 2.88 bits per heavy atom. The molecule has 3 N–H and O–H groups in total. The van der Waals surface area contributed by atoms with E-state index in [1.54, 1.807) is 0 Å². The lowest BCUT2D eigenvalue weighted by Crippen LogP contribution is -2.44. The number of nitrogens with one attached hydrogen (secondary N) is 2. The zero-order valence-electron chi connectivity index (χ0n) is 10.7. The predicted molar refractivity (Wildman–Crippen MR) is 65.7 cm³/mol. The first-order chi connectivity index (χ1) is 8.19. The number of carbonyl (C=O) groups excluding carboxylic acids is 1. The van der Waals surface area contributed by atoms with E-state index in [1.165, 1.54) is 0 Å². The lowest BCUT2D eigenvalue weighted by Gasteiger charge is -2.18. The number of rotatable bonds is 7. The number of ether oxygens (including phenoxy) is 1. The molecule has 1 amide bonds. The fourth-order valence-electron chi connectivity index (χ4n) is 1.97. The van der Waals surface area contributed by atoms with Crippen molar-refractivity contribution >= 4 is 5.91 Å². The van der Waals surface area contributed by atoms with Crippen LogP contribution in [0, 0.1) is 5.92 Å². The molecule has 3 unspecified atom stereocenters. The van der Waals surface area contributed by atoms with E-state index in [0.29, 0.717) is 26.2 Å². The Morgan fingerprint density at radius 1 is 1.47 bits per heavy atom. The molecule has 100 valence electrons. The Kier molecular flexibility index (Phi) is 6.47. The number of hydrogen-bond donors (Lipinski definition) is 3. The number of amides is 1. The van der Waals surface area contributed by atoms with Gasteiger partial charge in [0, 0.05) is 12.6 Å². The highest BCUT2D eigenvalue weighted by Crippen LogP contribution is 2.13. The Labute approximate surface area is 103 Å². The Morgan fingerprint density at radius 2 is 2.24 bits per heavy atom. The minimum absolute atomic E-state index is 0.0248. The number of likely N-dealkylation sites (N-methyl/N-ethyl adjacent to an activating group) is 1. The summed E-state index contributed by atoms with van der Waals surface area (Å²) in [5.41, 5.74) is 0. The van der Waals surface area contributed by atoms with Crippen LogP contribution in [0.25, 0.3) is 0 Å². The van der Waals surface area contributed by atoms with Gasteiger partial charge in [-0.3, -0.25) is 4.79 Å². The lowest BCUT2D eigenvalue weighted by atomic mass is 10.0. The monoisotopic (exact) mass is 244 g/mol. The van der Waals surface area contributed by atoms with E-state index in [0.717, 1.165) is 13.0 Å². The molecular formula is C12H24N2O3. The van der Waals surface area contributed by atoms with Gasteiger partial charge in [0.15, 0.2) is 0 Å². The van der Waals surface area contributed by atoms with Gasteiger partial charge in [0.1, 0.15) is 0 Å². The minimum Gasteiger partial charge on any atom is -0.393 e. The molecule has 0 spiro atoms. The largest absolute Gasteiger partial charge is 0.393 e. The lowest BCUT2D eigenvalue weighted by molar-refractivity contribution is -0.125. The average Bonchev–Trinajstić information content (AvgIpc) is 2.77. The Hall–Kier alpha value is -0.650. The quantitative estimate of drug-likeness (QED) is 0.584. The highest BCUT2D eigenvalue weighted by atomic mass is 16.5. The maximum Gasteiger partial charge on any atom is 0.227 e. The van der Waals surface area contributed by atoms with Crippen molar-refractivity contribution in [2.24, 2.45) is 5.92 Å². The second kappa shape index (κ2) is 7.63. The van der Waals surface area contributed by atoms with Crippen LogP contribution in [-0.4, -0.2) is 49.5 Å². The molecule has 0 saturated carbocycles. The molecule has 0 bridgehead atoms. The van der Waals surface area contributed by atoms with E-state index < -0.39 is 0 Å². The number of aliphatic hydroxyl groups excluding tert-OH is 1. The van der Waals surface area contributed by atoms with Crippen LogP contribution in [0.3, 0.4) is 0 Å². The Bertz CT molecular complexity index is 236. The fraction of sp³-hybridized carbons (Fsp3) is 0.917. The van der Waals surface area contributed by atoms with Gasteiger partial charge in [0.25, 0.3) is 0 Å². The molecule has 5 nitrogen and oxygen atoms in total. The molecule has 1 rings (SSSR count). The van der Waals surface area contributed by atoms with Gasteiger partial charge >= 0.3 is 0 Å². The van der Waals surface area contributed by atoms with Crippen molar-refractivity contribution in [3.63, 3.8) is 0 Å². The molecule has 0 aromatic heterocycles.